The van der Waals surface area contributed by atoms with Crippen molar-refractivity contribution in [3.8, 4) is 11.4 Å². The molecule has 0 atom stereocenters. The molecule has 1 saturated heterocycles. The molecule has 4 rings (SSSR count). The first-order valence-corrected chi connectivity index (χ1v) is 15.5. The van der Waals surface area contributed by atoms with Gasteiger partial charge in [0.05, 0.1) is 17.0 Å². The van der Waals surface area contributed by atoms with E-state index in [9.17, 15) is 13.2 Å². The number of hydrogen-bond acceptors (Lipinski definition) is 7. The van der Waals surface area contributed by atoms with Gasteiger partial charge in [0.15, 0.2) is 0 Å². The molecule has 10 heteroatoms. The molecule has 0 radical (unpaired) electrons. The summed E-state index contributed by atoms with van der Waals surface area (Å²) < 4.78 is 33.5. The predicted octanol–water partition coefficient (Wildman–Crippen LogP) is 5.59. The van der Waals surface area contributed by atoms with Crippen molar-refractivity contribution in [3.63, 3.8) is 0 Å². The molecule has 8 nitrogen and oxygen atoms in total. The van der Waals surface area contributed by atoms with Crippen molar-refractivity contribution < 1.29 is 17.7 Å². The summed E-state index contributed by atoms with van der Waals surface area (Å²) >= 11 is 1.44. The Morgan fingerprint density at radius 3 is 2.32 bits per heavy atom. The summed E-state index contributed by atoms with van der Waals surface area (Å²) in [5, 5.41) is 4.05. The number of sulfonamides is 1. The van der Waals surface area contributed by atoms with Gasteiger partial charge in [0.25, 0.3) is 5.91 Å². The molecule has 1 fully saturated rings. The van der Waals surface area contributed by atoms with E-state index in [1.54, 1.807) is 12.1 Å². The quantitative estimate of drug-likeness (QED) is 0.350. The second-order valence-corrected chi connectivity index (χ2v) is 13.6. The Morgan fingerprint density at radius 2 is 1.71 bits per heavy atom. The Hall–Kier alpha value is -2.69. The highest BCUT2D eigenvalue weighted by molar-refractivity contribution is 7.98. The second kappa shape index (κ2) is 11.6. The number of amides is 1. The molecule has 3 aromatic rings. The molecular weight excluding hydrogens is 520 g/mol. The first-order valence-electron chi connectivity index (χ1n) is 12.9. The number of likely N-dealkylation sites (tertiary alicyclic amines) is 1. The topological polar surface area (TPSA) is 96.6 Å². The van der Waals surface area contributed by atoms with Crippen LogP contribution in [0.15, 0.2) is 56.8 Å². The van der Waals surface area contributed by atoms with Crippen molar-refractivity contribution in [2.24, 2.45) is 0 Å². The van der Waals surface area contributed by atoms with Crippen molar-refractivity contribution in [2.75, 3.05) is 26.4 Å². The molecule has 38 heavy (non-hydrogen) atoms. The first kappa shape index (κ1) is 28.3. The summed E-state index contributed by atoms with van der Waals surface area (Å²) in [5.41, 5.74) is 2.44. The highest BCUT2D eigenvalue weighted by atomic mass is 32.2. The highest BCUT2D eigenvalue weighted by Crippen LogP contribution is 2.28. The van der Waals surface area contributed by atoms with Gasteiger partial charge in [0, 0.05) is 30.6 Å². The number of nitrogens with zero attached hydrogens (tertiary/aromatic N) is 4. The van der Waals surface area contributed by atoms with Gasteiger partial charge >= 0.3 is 0 Å². The lowest BCUT2D eigenvalue weighted by Gasteiger charge is -2.22. The van der Waals surface area contributed by atoms with Crippen LogP contribution in [-0.2, 0) is 22.0 Å². The minimum atomic E-state index is -3.91. The summed E-state index contributed by atoms with van der Waals surface area (Å²) in [6.07, 6.45) is 6.04. The van der Waals surface area contributed by atoms with Gasteiger partial charge in [-0.3, -0.25) is 4.79 Å². The maximum atomic E-state index is 13.5. The molecule has 1 aliphatic heterocycles. The molecule has 0 bridgehead atoms. The lowest BCUT2D eigenvalue weighted by molar-refractivity contribution is 0.0758. The van der Waals surface area contributed by atoms with Crippen LogP contribution in [0.2, 0.25) is 0 Å². The summed E-state index contributed by atoms with van der Waals surface area (Å²) in [4.78, 5) is 20.4. The molecule has 0 unspecified atom stereocenters. The standard InChI is InChI=1S/C28H36N4O4S2/c1-28(2,3)21-12-10-20(11-13-21)26-29-25(36-30-26)19-31(4)38(34,35)22-14-15-24(37-5)23(18-22)27(33)32-16-8-6-7-9-17-32/h10-15,18H,6-9,16-17,19H2,1-5H3. The Labute approximate surface area is 229 Å². The van der Waals surface area contributed by atoms with E-state index in [4.69, 9.17) is 4.52 Å². The van der Waals surface area contributed by atoms with Gasteiger partial charge in [-0.1, -0.05) is 63.0 Å². The van der Waals surface area contributed by atoms with Crippen molar-refractivity contribution in [1.82, 2.24) is 19.3 Å². The fourth-order valence-corrected chi connectivity index (χ4v) is 6.19. The average Bonchev–Trinajstić information content (AvgIpc) is 3.19. The van der Waals surface area contributed by atoms with Crippen LogP contribution in [0.5, 0.6) is 0 Å². The smallest absolute Gasteiger partial charge is 0.255 e. The van der Waals surface area contributed by atoms with Gasteiger partial charge < -0.3 is 9.42 Å². The largest absolute Gasteiger partial charge is 0.339 e. The lowest BCUT2D eigenvalue weighted by Crippen LogP contribution is -2.32. The molecule has 2 heterocycles. The summed E-state index contributed by atoms with van der Waals surface area (Å²) in [7, 11) is -2.44. The van der Waals surface area contributed by atoms with Crippen LogP contribution in [0.25, 0.3) is 11.4 Å². The van der Waals surface area contributed by atoms with Crippen molar-refractivity contribution >= 4 is 27.7 Å². The van der Waals surface area contributed by atoms with Crippen LogP contribution in [0.1, 0.15) is 68.3 Å². The molecule has 1 amide bonds. The van der Waals surface area contributed by atoms with Gasteiger partial charge in [-0.15, -0.1) is 11.8 Å². The molecule has 0 N–H and O–H groups in total. The Bertz CT molecular complexity index is 1370. The van der Waals surface area contributed by atoms with Gasteiger partial charge in [-0.05, 0) is 48.3 Å². The first-order chi connectivity index (χ1) is 18.0. The number of carbonyl (C=O) groups excluding carboxylic acids is 1. The Kier molecular flexibility index (Phi) is 8.64. The molecule has 1 aromatic heterocycles. The molecule has 2 aromatic carbocycles. The summed E-state index contributed by atoms with van der Waals surface area (Å²) in [6, 6.07) is 12.7. The van der Waals surface area contributed by atoms with Gasteiger partial charge in [-0.2, -0.15) is 9.29 Å². The number of rotatable bonds is 7. The Morgan fingerprint density at radius 1 is 1.05 bits per heavy atom. The lowest BCUT2D eigenvalue weighted by atomic mass is 9.87. The maximum Gasteiger partial charge on any atom is 0.255 e. The third-order valence-electron chi connectivity index (χ3n) is 6.84. The number of carbonyl (C=O) groups is 1. The Balaban J connectivity index is 1.53. The van der Waals surface area contributed by atoms with E-state index in [-0.39, 0.29) is 28.7 Å². The minimum absolute atomic E-state index is 0.0313. The van der Waals surface area contributed by atoms with E-state index >= 15 is 0 Å². The van der Waals surface area contributed by atoms with E-state index in [0.29, 0.717) is 24.5 Å². The van der Waals surface area contributed by atoms with Crippen molar-refractivity contribution in [2.45, 2.75) is 68.2 Å². The van der Waals surface area contributed by atoms with Gasteiger partial charge in [-0.25, -0.2) is 8.42 Å². The van der Waals surface area contributed by atoms with E-state index in [1.807, 2.05) is 35.4 Å². The van der Waals surface area contributed by atoms with Gasteiger partial charge in [0.1, 0.15) is 0 Å². The fraction of sp³-hybridized carbons (Fsp3) is 0.464. The van der Waals surface area contributed by atoms with Crippen LogP contribution >= 0.6 is 11.8 Å². The molecule has 1 aliphatic rings. The molecular formula is C28H36N4O4S2. The molecule has 0 spiro atoms. The summed E-state index contributed by atoms with van der Waals surface area (Å²) in [5.74, 6) is 0.475. The van der Waals surface area contributed by atoms with Crippen LogP contribution in [0, 0.1) is 0 Å². The zero-order valence-electron chi connectivity index (χ0n) is 22.7. The maximum absolute atomic E-state index is 13.5. The number of aromatic nitrogens is 2. The third-order valence-corrected chi connectivity index (χ3v) is 9.43. The van der Waals surface area contributed by atoms with E-state index < -0.39 is 10.0 Å². The monoisotopic (exact) mass is 556 g/mol. The van der Waals surface area contributed by atoms with E-state index in [2.05, 4.69) is 30.9 Å². The number of hydrogen-bond donors (Lipinski definition) is 0. The van der Waals surface area contributed by atoms with Gasteiger partial charge in [0.2, 0.25) is 21.7 Å². The zero-order valence-corrected chi connectivity index (χ0v) is 24.4. The molecule has 0 saturated carbocycles. The van der Waals surface area contributed by atoms with Crippen molar-refractivity contribution in [1.29, 1.82) is 0 Å². The summed E-state index contributed by atoms with van der Waals surface area (Å²) in [6.45, 7) is 7.74. The highest BCUT2D eigenvalue weighted by Gasteiger charge is 2.27. The van der Waals surface area contributed by atoms with E-state index in [1.165, 1.54) is 34.7 Å². The van der Waals surface area contributed by atoms with Crippen LogP contribution in [0.3, 0.4) is 0 Å². The SMILES string of the molecule is CSc1ccc(S(=O)(=O)N(C)Cc2nc(-c3ccc(C(C)(C)C)cc3)no2)cc1C(=O)N1CCCCCC1. The number of thioether (sulfide) groups is 1. The average molecular weight is 557 g/mol. The predicted molar refractivity (Wildman–Crippen MR) is 150 cm³/mol. The fourth-order valence-electron chi connectivity index (χ4n) is 4.47. The van der Waals surface area contributed by atoms with Crippen LogP contribution in [0.4, 0.5) is 0 Å². The second-order valence-electron chi connectivity index (χ2n) is 10.7. The van der Waals surface area contributed by atoms with E-state index in [0.717, 1.165) is 36.1 Å². The molecule has 0 aliphatic carbocycles. The normalized spacial score (nSPS) is 15.1. The zero-order chi connectivity index (χ0) is 27.5. The third kappa shape index (κ3) is 6.30. The van der Waals surface area contributed by atoms with Crippen LogP contribution in [-0.4, -0.2) is 60.1 Å². The minimum Gasteiger partial charge on any atom is -0.339 e. The van der Waals surface area contributed by atoms with Crippen LogP contribution < -0.4 is 0 Å². The molecule has 204 valence electrons. The van der Waals surface area contributed by atoms with Crippen molar-refractivity contribution in [3.05, 3.63) is 59.5 Å². The number of benzene rings is 2.